The largest absolute Gasteiger partial charge is 0.504 e. The molecule has 94 valence electrons. The van der Waals surface area contributed by atoms with Crippen LogP contribution in [0.4, 0.5) is 0 Å². The summed E-state index contributed by atoms with van der Waals surface area (Å²) < 4.78 is 0. The molecule has 0 radical (unpaired) electrons. The molecule has 0 atom stereocenters. The lowest BCUT2D eigenvalue weighted by Crippen LogP contribution is -1.86. The van der Waals surface area contributed by atoms with Crippen molar-refractivity contribution < 1.29 is 20.1 Å². The van der Waals surface area contributed by atoms with Gasteiger partial charge in [0.05, 0.1) is 0 Å². The number of carbonyl (C=O) groups is 1. The molecule has 0 aliphatic rings. The van der Waals surface area contributed by atoms with Crippen LogP contribution in [0.15, 0.2) is 36.4 Å². The molecule has 1 aromatic rings. The van der Waals surface area contributed by atoms with Gasteiger partial charge in [-0.05, 0) is 30.7 Å². The molecule has 0 bridgehead atoms. The van der Waals surface area contributed by atoms with Gasteiger partial charge in [-0.2, -0.15) is 0 Å². The summed E-state index contributed by atoms with van der Waals surface area (Å²) in [4.78, 5) is 10.4. The van der Waals surface area contributed by atoms with Crippen molar-refractivity contribution in [3.63, 3.8) is 0 Å². The summed E-state index contributed by atoms with van der Waals surface area (Å²) in [5.74, 6) is -1.63. The first-order chi connectivity index (χ1) is 8.40. The van der Waals surface area contributed by atoms with Crippen LogP contribution >= 0.6 is 0 Å². The molecular formula is C14H14O4. The molecule has 0 amide bonds. The van der Waals surface area contributed by atoms with Crippen molar-refractivity contribution in [3.8, 4) is 11.5 Å². The highest BCUT2D eigenvalue weighted by atomic mass is 16.4. The van der Waals surface area contributed by atoms with E-state index in [4.69, 9.17) is 5.11 Å². The number of phenols is 2. The molecule has 4 heteroatoms. The Bertz CT molecular complexity index is 539. The first-order valence-electron chi connectivity index (χ1n) is 5.20. The lowest BCUT2D eigenvalue weighted by Gasteiger charge is -2.04. The second-order valence-corrected chi connectivity index (χ2v) is 3.83. The first-order valence-corrected chi connectivity index (χ1v) is 5.20. The second-order valence-electron chi connectivity index (χ2n) is 3.83. The van der Waals surface area contributed by atoms with Crippen LogP contribution in [0.2, 0.25) is 0 Å². The van der Waals surface area contributed by atoms with Gasteiger partial charge in [0.25, 0.3) is 0 Å². The van der Waals surface area contributed by atoms with Crippen LogP contribution in [0.3, 0.4) is 0 Å². The number of phenolic OH excluding ortho intramolecular Hbond substituents is 2. The first kappa shape index (κ1) is 13.6. The molecule has 0 spiro atoms. The Morgan fingerprint density at radius 1 is 1.22 bits per heavy atom. The quantitative estimate of drug-likeness (QED) is 0.433. The molecule has 18 heavy (non-hydrogen) atoms. The van der Waals surface area contributed by atoms with Crippen LogP contribution in [0, 0.1) is 0 Å². The number of carboxylic acid groups (broad SMARTS) is 1. The number of aliphatic carboxylic acids is 1. The predicted octanol–water partition coefficient (Wildman–Crippen LogP) is 2.78. The molecule has 4 nitrogen and oxygen atoms in total. The van der Waals surface area contributed by atoms with Crippen molar-refractivity contribution in [2.24, 2.45) is 0 Å². The van der Waals surface area contributed by atoms with Gasteiger partial charge in [-0.15, -0.1) is 0 Å². The summed E-state index contributed by atoms with van der Waals surface area (Å²) in [7, 11) is 0. The molecule has 0 saturated carbocycles. The zero-order valence-electron chi connectivity index (χ0n) is 9.92. The maximum atomic E-state index is 10.4. The van der Waals surface area contributed by atoms with E-state index in [2.05, 4.69) is 6.58 Å². The molecule has 0 unspecified atom stereocenters. The van der Waals surface area contributed by atoms with Crippen LogP contribution in [0.25, 0.3) is 12.2 Å². The van der Waals surface area contributed by atoms with Crippen LogP contribution in [-0.4, -0.2) is 21.3 Å². The zero-order valence-corrected chi connectivity index (χ0v) is 9.92. The number of carboxylic acids is 1. The maximum absolute atomic E-state index is 10.4. The fraction of sp³-hybridized carbons (Fsp3) is 0.0714. The number of hydrogen-bond donors (Lipinski definition) is 3. The van der Waals surface area contributed by atoms with Crippen molar-refractivity contribution in [2.45, 2.75) is 6.92 Å². The summed E-state index contributed by atoms with van der Waals surface area (Å²) in [6.07, 6.45) is 5.56. The van der Waals surface area contributed by atoms with Gasteiger partial charge in [-0.3, -0.25) is 0 Å². The Morgan fingerprint density at radius 2 is 1.89 bits per heavy atom. The van der Waals surface area contributed by atoms with Crippen LogP contribution < -0.4 is 0 Å². The summed E-state index contributed by atoms with van der Waals surface area (Å²) in [6, 6.07) is 2.85. The molecule has 0 heterocycles. The second kappa shape index (κ2) is 5.72. The molecule has 0 saturated heterocycles. The van der Waals surface area contributed by atoms with E-state index >= 15 is 0 Å². The van der Waals surface area contributed by atoms with Gasteiger partial charge in [0.1, 0.15) is 0 Å². The summed E-state index contributed by atoms with van der Waals surface area (Å²) in [6.45, 7) is 5.47. The Labute approximate surface area is 105 Å². The van der Waals surface area contributed by atoms with E-state index in [0.29, 0.717) is 11.1 Å². The van der Waals surface area contributed by atoms with E-state index in [1.165, 1.54) is 12.1 Å². The van der Waals surface area contributed by atoms with E-state index in [9.17, 15) is 15.0 Å². The Morgan fingerprint density at radius 3 is 2.44 bits per heavy atom. The molecule has 0 fully saturated rings. The van der Waals surface area contributed by atoms with E-state index in [0.717, 1.165) is 11.6 Å². The minimum atomic E-state index is -1.08. The molecule has 1 rings (SSSR count). The standard InChI is InChI=1S/C14H14O4/c1-9(2)3-5-11-7-10(4-6-13(16)17)8-12(15)14(11)18/h3-8,15,18H,1H2,2H3,(H,16,17). The summed E-state index contributed by atoms with van der Waals surface area (Å²) in [5, 5.41) is 27.7. The lowest BCUT2D eigenvalue weighted by atomic mass is 10.1. The summed E-state index contributed by atoms with van der Waals surface area (Å²) in [5.41, 5.74) is 1.66. The smallest absolute Gasteiger partial charge is 0.328 e. The summed E-state index contributed by atoms with van der Waals surface area (Å²) >= 11 is 0. The van der Waals surface area contributed by atoms with Gasteiger partial charge in [-0.1, -0.05) is 24.3 Å². The normalized spacial score (nSPS) is 11.2. The van der Waals surface area contributed by atoms with Gasteiger partial charge < -0.3 is 15.3 Å². The number of allylic oxidation sites excluding steroid dienone is 2. The van der Waals surface area contributed by atoms with Gasteiger partial charge in [0, 0.05) is 11.6 Å². The highest BCUT2D eigenvalue weighted by molar-refractivity contribution is 5.85. The molecule has 1 aromatic carbocycles. The number of hydrogen-bond acceptors (Lipinski definition) is 3. The number of benzene rings is 1. The molecule has 3 N–H and O–H groups in total. The van der Waals surface area contributed by atoms with Gasteiger partial charge >= 0.3 is 5.97 Å². The van der Waals surface area contributed by atoms with Crippen LogP contribution in [-0.2, 0) is 4.79 Å². The number of aromatic hydroxyl groups is 2. The molecular weight excluding hydrogens is 232 g/mol. The van der Waals surface area contributed by atoms with E-state index in [-0.39, 0.29) is 11.5 Å². The third kappa shape index (κ3) is 3.83. The Kier molecular flexibility index (Phi) is 4.32. The molecule has 0 aromatic heterocycles. The number of rotatable bonds is 4. The molecule has 0 aliphatic carbocycles. The average molecular weight is 246 g/mol. The third-order valence-corrected chi connectivity index (χ3v) is 2.11. The van der Waals surface area contributed by atoms with Crippen molar-refractivity contribution in [1.29, 1.82) is 0 Å². The highest BCUT2D eigenvalue weighted by Gasteiger charge is 2.05. The van der Waals surface area contributed by atoms with Crippen molar-refractivity contribution in [2.75, 3.05) is 0 Å². The minimum absolute atomic E-state index is 0.250. The van der Waals surface area contributed by atoms with E-state index in [1.54, 1.807) is 25.1 Å². The Balaban J connectivity index is 3.18. The molecule has 0 aliphatic heterocycles. The van der Waals surface area contributed by atoms with Crippen LogP contribution in [0.1, 0.15) is 18.1 Å². The monoisotopic (exact) mass is 246 g/mol. The van der Waals surface area contributed by atoms with Crippen LogP contribution in [0.5, 0.6) is 11.5 Å². The topological polar surface area (TPSA) is 77.8 Å². The zero-order chi connectivity index (χ0) is 13.7. The van der Waals surface area contributed by atoms with Gasteiger partial charge in [-0.25, -0.2) is 4.79 Å². The van der Waals surface area contributed by atoms with Crippen molar-refractivity contribution >= 4 is 18.1 Å². The average Bonchev–Trinajstić information content (AvgIpc) is 2.28. The van der Waals surface area contributed by atoms with Gasteiger partial charge in [0.15, 0.2) is 11.5 Å². The predicted molar refractivity (Wildman–Crippen MR) is 70.3 cm³/mol. The van der Waals surface area contributed by atoms with Crippen molar-refractivity contribution in [3.05, 3.63) is 47.6 Å². The van der Waals surface area contributed by atoms with Crippen molar-refractivity contribution in [1.82, 2.24) is 0 Å². The minimum Gasteiger partial charge on any atom is -0.504 e. The lowest BCUT2D eigenvalue weighted by molar-refractivity contribution is -0.131. The highest BCUT2D eigenvalue weighted by Crippen LogP contribution is 2.32. The SMILES string of the molecule is C=C(C)C=Cc1cc(C=CC(=O)O)cc(O)c1O. The Hall–Kier alpha value is -2.49. The fourth-order valence-corrected chi connectivity index (χ4v) is 1.29. The maximum Gasteiger partial charge on any atom is 0.328 e. The fourth-order valence-electron chi connectivity index (χ4n) is 1.29. The third-order valence-electron chi connectivity index (χ3n) is 2.11. The van der Waals surface area contributed by atoms with Gasteiger partial charge in [0.2, 0.25) is 0 Å². The van der Waals surface area contributed by atoms with E-state index in [1.807, 2.05) is 0 Å². The van der Waals surface area contributed by atoms with E-state index < -0.39 is 5.97 Å².